The van der Waals surface area contributed by atoms with Gasteiger partial charge in [0.25, 0.3) is 5.91 Å². The van der Waals surface area contributed by atoms with Crippen LogP contribution in [0.2, 0.25) is 0 Å². The zero-order chi connectivity index (χ0) is 17.2. The number of halogens is 1. The third kappa shape index (κ3) is 3.15. The van der Waals surface area contributed by atoms with Crippen LogP contribution in [-0.2, 0) is 4.79 Å². The molecule has 0 bridgehead atoms. The number of benzene rings is 3. The molecule has 0 saturated carbocycles. The molecular formula is C21H14FNO2. The number of hydrogen-bond donors (Lipinski definition) is 1. The van der Waals surface area contributed by atoms with E-state index in [9.17, 15) is 9.18 Å². The second kappa shape index (κ2) is 6.24. The highest BCUT2D eigenvalue weighted by Gasteiger charge is 2.24. The first-order chi connectivity index (χ1) is 12.2. The van der Waals surface area contributed by atoms with E-state index in [-0.39, 0.29) is 11.7 Å². The van der Waals surface area contributed by atoms with Crippen LogP contribution in [0.4, 0.5) is 10.1 Å². The highest BCUT2D eigenvalue weighted by molar-refractivity contribution is 6.34. The number of carbonyl (C=O) groups is 1. The number of rotatable bonds is 3. The predicted octanol–water partition coefficient (Wildman–Crippen LogP) is 5.11. The third-order valence-corrected chi connectivity index (χ3v) is 3.91. The molecule has 3 nitrogen and oxygen atoms in total. The summed E-state index contributed by atoms with van der Waals surface area (Å²) in [5, 5.41) is 2.74. The van der Waals surface area contributed by atoms with Gasteiger partial charge in [0.05, 0.1) is 0 Å². The van der Waals surface area contributed by atoms with Gasteiger partial charge in [-0.15, -0.1) is 0 Å². The van der Waals surface area contributed by atoms with E-state index in [1.54, 1.807) is 12.1 Å². The van der Waals surface area contributed by atoms with Gasteiger partial charge in [-0.2, -0.15) is 0 Å². The molecular weight excluding hydrogens is 317 g/mol. The average Bonchev–Trinajstić information content (AvgIpc) is 2.91. The maximum absolute atomic E-state index is 13.5. The van der Waals surface area contributed by atoms with Crippen molar-refractivity contribution >= 4 is 23.2 Å². The van der Waals surface area contributed by atoms with Crippen molar-refractivity contribution in [2.45, 2.75) is 0 Å². The van der Waals surface area contributed by atoms with Crippen molar-refractivity contribution in [2.24, 2.45) is 0 Å². The number of amides is 1. The van der Waals surface area contributed by atoms with E-state index >= 15 is 0 Å². The summed E-state index contributed by atoms with van der Waals surface area (Å²) in [5.41, 5.74) is 2.43. The lowest BCUT2D eigenvalue weighted by Gasteiger charge is -2.06. The molecule has 1 heterocycles. The summed E-state index contributed by atoms with van der Waals surface area (Å²) in [6, 6.07) is 21.1. The fraction of sp³-hybridized carbons (Fsp3) is 0. The van der Waals surface area contributed by atoms with Crippen molar-refractivity contribution in [2.75, 3.05) is 5.32 Å². The van der Waals surface area contributed by atoms with Gasteiger partial charge in [-0.1, -0.05) is 30.3 Å². The molecule has 1 N–H and O–H groups in total. The van der Waals surface area contributed by atoms with Crippen LogP contribution in [0.5, 0.6) is 11.5 Å². The van der Waals surface area contributed by atoms with Gasteiger partial charge in [-0.3, -0.25) is 4.79 Å². The van der Waals surface area contributed by atoms with E-state index < -0.39 is 0 Å². The molecule has 1 aliphatic rings. The van der Waals surface area contributed by atoms with Gasteiger partial charge in [0.15, 0.2) is 0 Å². The lowest BCUT2D eigenvalue weighted by molar-refractivity contribution is -0.110. The van der Waals surface area contributed by atoms with E-state index in [4.69, 9.17) is 4.74 Å². The van der Waals surface area contributed by atoms with Crippen molar-refractivity contribution in [3.63, 3.8) is 0 Å². The zero-order valence-electron chi connectivity index (χ0n) is 13.2. The average molecular weight is 331 g/mol. The van der Waals surface area contributed by atoms with Crippen LogP contribution in [0, 0.1) is 5.82 Å². The summed E-state index contributed by atoms with van der Waals surface area (Å²) in [6.45, 7) is 0. The highest BCUT2D eigenvalue weighted by atomic mass is 19.1. The lowest BCUT2D eigenvalue weighted by atomic mass is 10.0. The molecule has 0 spiro atoms. The Morgan fingerprint density at radius 1 is 0.880 bits per heavy atom. The van der Waals surface area contributed by atoms with E-state index in [0.717, 1.165) is 11.3 Å². The maximum atomic E-state index is 13.5. The predicted molar refractivity (Wildman–Crippen MR) is 95.9 cm³/mol. The molecule has 3 aromatic rings. The number of nitrogens with one attached hydrogen (secondary N) is 1. The molecule has 25 heavy (non-hydrogen) atoms. The Morgan fingerprint density at radius 3 is 2.52 bits per heavy atom. The summed E-state index contributed by atoms with van der Waals surface area (Å²) in [5.74, 6) is 0.786. The first-order valence-electron chi connectivity index (χ1n) is 7.85. The number of fused-ring (bicyclic) bond motifs is 1. The summed E-state index contributed by atoms with van der Waals surface area (Å²) < 4.78 is 19.3. The molecule has 122 valence electrons. The van der Waals surface area contributed by atoms with Gasteiger partial charge in [0.2, 0.25) is 0 Å². The highest BCUT2D eigenvalue weighted by Crippen LogP contribution is 2.34. The van der Waals surface area contributed by atoms with E-state index in [0.29, 0.717) is 22.6 Å². The normalized spacial score (nSPS) is 14.3. The number of ether oxygens (including phenoxy) is 1. The quantitative estimate of drug-likeness (QED) is 0.677. The third-order valence-electron chi connectivity index (χ3n) is 3.91. The second-order valence-corrected chi connectivity index (χ2v) is 5.69. The number of carbonyl (C=O) groups excluding carboxylic acids is 1. The molecule has 3 aromatic carbocycles. The molecule has 4 rings (SSSR count). The lowest BCUT2D eigenvalue weighted by Crippen LogP contribution is -2.03. The summed E-state index contributed by atoms with van der Waals surface area (Å²) >= 11 is 0. The Morgan fingerprint density at radius 2 is 1.68 bits per heavy atom. The molecule has 1 aliphatic heterocycles. The Kier molecular flexibility index (Phi) is 3.78. The summed E-state index contributed by atoms with van der Waals surface area (Å²) in [4.78, 5) is 12.2. The maximum Gasteiger partial charge on any atom is 0.256 e. The number of para-hydroxylation sites is 1. The Bertz CT molecular complexity index is 980. The van der Waals surface area contributed by atoms with Crippen LogP contribution >= 0.6 is 0 Å². The Balaban J connectivity index is 1.67. The van der Waals surface area contributed by atoms with E-state index in [1.165, 1.54) is 12.1 Å². The van der Waals surface area contributed by atoms with Gasteiger partial charge in [-0.25, -0.2) is 4.39 Å². The zero-order valence-corrected chi connectivity index (χ0v) is 13.2. The van der Waals surface area contributed by atoms with Crippen molar-refractivity contribution in [3.05, 3.63) is 89.7 Å². The standard InChI is InChI=1S/C21H14FNO2/c22-15-9-10-20-18(13-15)19(21(24)23-20)12-14-5-4-8-17(11-14)25-16-6-2-1-3-7-16/h1-13H,(H,23,24)/b19-12+. The minimum absolute atomic E-state index is 0.241. The second-order valence-electron chi connectivity index (χ2n) is 5.69. The summed E-state index contributed by atoms with van der Waals surface area (Å²) in [7, 11) is 0. The van der Waals surface area contributed by atoms with Gasteiger partial charge >= 0.3 is 0 Å². The molecule has 0 radical (unpaired) electrons. The van der Waals surface area contributed by atoms with Gasteiger partial charge in [0.1, 0.15) is 17.3 Å². The van der Waals surface area contributed by atoms with Gasteiger partial charge in [-0.05, 0) is 54.1 Å². The first kappa shape index (κ1) is 15.1. The molecule has 0 aliphatic carbocycles. The minimum Gasteiger partial charge on any atom is -0.457 e. The van der Waals surface area contributed by atoms with Crippen molar-refractivity contribution in [1.29, 1.82) is 0 Å². The topological polar surface area (TPSA) is 38.3 Å². The molecule has 0 fully saturated rings. The van der Waals surface area contributed by atoms with Crippen LogP contribution in [-0.4, -0.2) is 5.91 Å². The summed E-state index contributed by atoms with van der Waals surface area (Å²) in [6.07, 6.45) is 1.73. The fourth-order valence-electron chi connectivity index (χ4n) is 2.76. The minimum atomic E-state index is -0.373. The van der Waals surface area contributed by atoms with Crippen molar-refractivity contribution in [1.82, 2.24) is 0 Å². The fourth-order valence-corrected chi connectivity index (χ4v) is 2.76. The van der Waals surface area contributed by atoms with Crippen LogP contribution in [0.25, 0.3) is 11.6 Å². The number of hydrogen-bond acceptors (Lipinski definition) is 2. The largest absolute Gasteiger partial charge is 0.457 e. The molecule has 0 atom stereocenters. The van der Waals surface area contributed by atoms with Crippen LogP contribution in [0.15, 0.2) is 72.8 Å². The van der Waals surface area contributed by atoms with E-state index in [2.05, 4.69) is 5.32 Å². The monoisotopic (exact) mass is 331 g/mol. The van der Waals surface area contributed by atoms with Crippen LogP contribution < -0.4 is 10.1 Å². The van der Waals surface area contributed by atoms with E-state index in [1.807, 2.05) is 54.6 Å². The molecule has 4 heteroatoms. The number of anilines is 1. The van der Waals surface area contributed by atoms with Gasteiger partial charge in [0, 0.05) is 16.8 Å². The van der Waals surface area contributed by atoms with Crippen LogP contribution in [0.1, 0.15) is 11.1 Å². The SMILES string of the molecule is O=C1Nc2ccc(F)cc2/C1=C\c1cccc(Oc2ccccc2)c1. The first-order valence-corrected chi connectivity index (χ1v) is 7.85. The molecule has 0 unspecified atom stereocenters. The Labute approximate surface area is 144 Å². The smallest absolute Gasteiger partial charge is 0.256 e. The van der Waals surface area contributed by atoms with Crippen molar-refractivity contribution < 1.29 is 13.9 Å². The van der Waals surface area contributed by atoms with Crippen LogP contribution in [0.3, 0.4) is 0 Å². The van der Waals surface area contributed by atoms with Gasteiger partial charge < -0.3 is 10.1 Å². The molecule has 0 aromatic heterocycles. The molecule has 0 saturated heterocycles. The Hall–Kier alpha value is -3.40. The molecule has 1 amide bonds. The van der Waals surface area contributed by atoms with Crippen molar-refractivity contribution in [3.8, 4) is 11.5 Å².